The second kappa shape index (κ2) is 5.75. The van der Waals surface area contributed by atoms with Crippen LogP contribution in [0.25, 0.3) is 33.4 Å². The molecule has 6 heteroatoms. The molecule has 4 aromatic rings. The van der Waals surface area contributed by atoms with Crippen molar-refractivity contribution < 1.29 is 9.52 Å². The average Bonchev–Trinajstić information content (AvgIpc) is 3.01. The molecular weight excluding hydrogens is 318 g/mol. The largest absolute Gasteiger partial charge is 0.507 e. The highest BCUT2D eigenvalue weighted by Gasteiger charge is 2.16. The summed E-state index contributed by atoms with van der Waals surface area (Å²) in [5, 5.41) is 10.9. The average molecular weight is 335 g/mol. The van der Waals surface area contributed by atoms with Crippen molar-refractivity contribution in [3.8, 4) is 17.1 Å². The predicted octanol–water partition coefficient (Wildman–Crippen LogP) is 3.10. The van der Waals surface area contributed by atoms with Gasteiger partial charge in [0, 0.05) is 11.9 Å². The summed E-state index contributed by atoms with van der Waals surface area (Å²) in [4.78, 5) is 22.1. The fourth-order valence-electron chi connectivity index (χ4n) is 2.95. The third-order valence-electron chi connectivity index (χ3n) is 4.10. The topological polar surface area (TPSA) is 82.4 Å². The number of nitrogens with one attached hydrogen (secondary N) is 1. The number of aromatic nitrogens is 2. The molecule has 0 fully saturated rings. The first-order valence-corrected chi connectivity index (χ1v) is 7.91. The molecule has 0 atom stereocenters. The molecule has 0 aliphatic rings. The summed E-state index contributed by atoms with van der Waals surface area (Å²) >= 11 is 0. The highest BCUT2D eigenvalue weighted by Crippen LogP contribution is 2.29. The monoisotopic (exact) mass is 335 g/mol. The smallest absolute Gasteiger partial charge is 0.347 e. The molecule has 0 spiro atoms. The maximum Gasteiger partial charge on any atom is 0.347 e. The van der Waals surface area contributed by atoms with Crippen LogP contribution < -0.4 is 5.63 Å². The molecule has 0 aliphatic heterocycles. The van der Waals surface area contributed by atoms with E-state index in [1.54, 1.807) is 18.2 Å². The molecule has 2 aromatic carbocycles. The van der Waals surface area contributed by atoms with Crippen LogP contribution in [0.5, 0.6) is 5.75 Å². The van der Waals surface area contributed by atoms with Gasteiger partial charge in [0.05, 0.1) is 16.6 Å². The van der Waals surface area contributed by atoms with E-state index in [0.29, 0.717) is 29.1 Å². The van der Waals surface area contributed by atoms with E-state index in [1.807, 2.05) is 43.3 Å². The number of aromatic amines is 1. The molecule has 2 heterocycles. The van der Waals surface area contributed by atoms with E-state index in [2.05, 4.69) is 9.97 Å². The molecule has 2 aromatic heterocycles. The van der Waals surface area contributed by atoms with Crippen LogP contribution in [0, 0.1) is 0 Å². The molecule has 0 amide bonds. The molecule has 126 valence electrons. The number of imidazole rings is 1. The quantitative estimate of drug-likeness (QED) is 0.562. The lowest BCUT2D eigenvalue weighted by Gasteiger charge is -2.13. The van der Waals surface area contributed by atoms with E-state index in [0.717, 1.165) is 16.4 Å². The van der Waals surface area contributed by atoms with Crippen molar-refractivity contribution in [2.24, 2.45) is 0 Å². The van der Waals surface area contributed by atoms with Gasteiger partial charge in [-0.05, 0) is 44.4 Å². The van der Waals surface area contributed by atoms with Crippen LogP contribution in [-0.4, -0.2) is 34.1 Å². The molecule has 0 aliphatic carbocycles. The Labute approximate surface area is 143 Å². The van der Waals surface area contributed by atoms with Crippen LogP contribution in [-0.2, 0) is 6.54 Å². The Morgan fingerprint density at radius 2 is 2.00 bits per heavy atom. The summed E-state index contributed by atoms with van der Waals surface area (Å²) < 4.78 is 5.55. The van der Waals surface area contributed by atoms with Crippen molar-refractivity contribution in [2.75, 3.05) is 14.1 Å². The SMILES string of the molecule is CN(C)Cc1c(O)ccc2cc(-c3nc4ccccc4[nH]3)c(=O)oc12. The predicted molar refractivity (Wildman–Crippen MR) is 96.6 cm³/mol. The molecule has 2 N–H and O–H groups in total. The summed E-state index contributed by atoms with van der Waals surface area (Å²) in [5.41, 5.74) is 2.52. The van der Waals surface area contributed by atoms with Crippen LogP contribution in [0.2, 0.25) is 0 Å². The van der Waals surface area contributed by atoms with Crippen LogP contribution >= 0.6 is 0 Å². The number of hydrogen-bond donors (Lipinski definition) is 2. The molecule has 0 radical (unpaired) electrons. The Hall–Kier alpha value is -3.12. The van der Waals surface area contributed by atoms with E-state index < -0.39 is 5.63 Å². The van der Waals surface area contributed by atoms with Gasteiger partial charge in [-0.15, -0.1) is 0 Å². The summed E-state index contributed by atoms with van der Waals surface area (Å²) in [7, 11) is 3.78. The van der Waals surface area contributed by atoms with Gasteiger partial charge in [-0.2, -0.15) is 0 Å². The zero-order valence-electron chi connectivity index (χ0n) is 13.9. The summed E-state index contributed by atoms with van der Waals surface area (Å²) in [6, 6.07) is 12.7. The first-order valence-electron chi connectivity index (χ1n) is 7.91. The fraction of sp³-hybridized carbons (Fsp3) is 0.158. The van der Waals surface area contributed by atoms with Gasteiger partial charge in [0.2, 0.25) is 0 Å². The fourth-order valence-corrected chi connectivity index (χ4v) is 2.95. The number of rotatable bonds is 3. The van der Waals surface area contributed by atoms with E-state index in [4.69, 9.17) is 4.42 Å². The van der Waals surface area contributed by atoms with Crippen molar-refractivity contribution in [1.29, 1.82) is 0 Å². The van der Waals surface area contributed by atoms with Crippen LogP contribution in [0.1, 0.15) is 5.56 Å². The van der Waals surface area contributed by atoms with Crippen molar-refractivity contribution in [1.82, 2.24) is 14.9 Å². The number of hydrogen-bond acceptors (Lipinski definition) is 5. The van der Waals surface area contributed by atoms with E-state index in [1.165, 1.54) is 0 Å². The Morgan fingerprint density at radius 3 is 2.76 bits per heavy atom. The van der Waals surface area contributed by atoms with Gasteiger partial charge < -0.3 is 19.4 Å². The van der Waals surface area contributed by atoms with Crippen LogP contribution in [0.3, 0.4) is 0 Å². The first-order chi connectivity index (χ1) is 12.0. The highest BCUT2D eigenvalue weighted by atomic mass is 16.4. The lowest BCUT2D eigenvalue weighted by Crippen LogP contribution is -2.12. The van der Waals surface area contributed by atoms with Crippen LogP contribution in [0.15, 0.2) is 51.7 Å². The number of phenols is 1. The number of H-pyrrole nitrogens is 1. The van der Waals surface area contributed by atoms with Gasteiger partial charge in [-0.25, -0.2) is 9.78 Å². The Morgan fingerprint density at radius 1 is 1.20 bits per heavy atom. The first kappa shape index (κ1) is 15.4. The molecule has 0 saturated heterocycles. The standard InChI is InChI=1S/C19H17N3O3/c1-22(2)10-13-16(23)8-7-11-9-12(19(24)25-17(11)13)18-20-14-5-3-4-6-15(14)21-18/h3-9,23H,10H2,1-2H3,(H,20,21). The van der Waals surface area contributed by atoms with E-state index in [-0.39, 0.29) is 5.75 Å². The number of phenolic OH excluding ortho intramolecular Hbond substituents is 1. The Bertz CT molecular complexity index is 1110. The van der Waals surface area contributed by atoms with Crippen molar-refractivity contribution in [2.45, 2.75) is 6.54 Å². The van der Waals surface area contributed by atoms with Gasteiger partial charge >= 0.3 is 5.63 Å². The minimum absolute atomic E-state index is 0.112. The molecule has 4 rings (SSSR count). The number of nitrogens with zero attached hydrogens (tertiary/aromatic N) is 2. The summed E-state index contributed by atoms with van der Waals surface area (Å²) in [6.07, 6.45) is 0. The van der Waals surface area contributed by atoms with Crippen molar-refractivity contribution in [3.05, 3.63) is 58.4 Å². The van der Waals surface area contributed by atoms with Gasteiger partial charge in [0.15, 0.2) is 0 Å². The maximum absolute atomic E-state index is 12.5. The number of benzene rings is 2. The Kier molecular flexibility index (Phi) is 3.54. The molecule has 0 unspecified atom stereocenters. The van der Waals surface area contributed by atoms with Crippen LogP contribution in [0.4, 0.5) is 0 Å². The maximum atomic E-state index is 12.5. The van der Waals surface area contributed by atoms with Crippen molar-refractivity contribution >= 4 is 22.0 Å². The summed E-state index contributed by atoms with van der Waals surface area (Å²) in [6.45, 7) is 0.468. The molecule has 0 bridgehead atoms. The lowest BCUT2D eigenvalue weighted by atomic mass is 10.1. The number of para-hydroxylation sites is 2. The molecular formula is C19H17N3O3. The third-order valence-corrected chi connectivity index (χ3v) is 4.10. The Balaban J connectivity index is 1.93. The van der Waals surface area contributed by atoms with Gasteiger partial charge in [-0.3, -0.25) is 0 Å². The minimum Gasteiger partial charge on any atom is -0.507 e. The number of aromatic hydroxyl groups is 1. The second-order valence-corrected chi connectivity index (χ2v) is 6.27. The zero-order valence-corrected chi connectivity index (χ0v) is 13.9. The van der Waals surface area contributed by atoms with Gasteiger partial charge in [0.1, 0.15) is 22.7 Å². The van der Waals surface area contributed by atoms with Gasteiger partial charge in [0.25, 0.3) is 0 Å². The van der Waals surface area contributed by atoms with E-state index >= 15 is 0 Å². The lowest BCUT2D eigenvalue weighted by molar-refractivity contribution is 0.383. The normalized spacial score (nSPS) is 11.6. The minimum atomic E-state index is -0.489. The second-order valence-electron chi connectivity index (χ2n) is 6.27. The molecule has 6 nitrogen and oxygen atoms in total. The van der Waals surface area contributed by atoms with E-state index in [9.17, 15) is 9.90 Å². The number of fused-ring (bicyclic) bond motifs is 2. The van der Waals surface area contributed by atoms with Crippen molar-refractivity contribution in [3.63, 3.8) is 0 Å². The molecule has 0 saturated carbocycles. The third kappa shape index (κ3) is 2.66. The summed E-state index contributed by atoms with van der Waals surface area (Å²) in [5.74, 6) is 0.583. The van der Waals surface area contributed by atoms with Gasteiger partial charge in [-0.1, -0.05) is 12.1 Å². The highest BCUT2D eigenvalue weighted by molar-refractivity contribution is 5.86. The molecule has 25 heavy (non-hydrogen) atoms. The zero-order chi connectivity index (χ0) is 17.6.